The summed E-state index contributed by atoms with van der Waals surface area (Å²) < 4.78 is 16.9. The number of ether oxygens (including phenoxy) is 3. The first kappa shape index (κ1) is 61.4. The molecule has 6 nitrogen and oxygen atoms in total. The van der Waals surface area contributed by atoms with E-state index in [9.17, 15) is 14.4 Å². The van der Waals surface area contributed by atoms with E-state index < -0.39 is 6.10 Å². The van der Waals surface area contributed by atoms with Crippen molar-refractivity contribution in [3.63, 3.8) is 0 Å². The van der Waals surface area contributed by atoms with Gasteiger partial charge in [-0.15, -0.1) is 0 Å². The van der Waals surface area contributed by atoms with Gasteiger partial charge >= 0.3 is 17.9 Å². The molecular formula is C57H110O6. The lowest BCUT2D eigenvalue weighted by molar-refractivity contribution is -0.167. The van der Waals surface area contributed by atoms with Crippen molar-refractivity contribution < 1.29 is 28.6 Å². The van der Waals surface area contributed by atoms with Gasteiger partial charge in [0.15, 0.2) is 6.10 Å². The largest absolute Gasteiger partial charge is 0.462 e. The number of carbonyl (C=O) groups excluding carboxylic acids is 3. The van der Waals surface area contributed by atoms with E-state index in [-0.39, 0.29) is 31.1 Å². The van der Waals surface area contributed by atoms with Gasteiger partial charge in [0, 0.05) is 19.3 Å². The van der Waals surface area contributed by atoms with Crippen molar-refractivity contribution in [2.45, 2.75) is 323 Å². The minimum Gasteiger partial charge on any atom is -0.462 e. The molecule has 0 bridgehead atoms. The highest BCUT2D eigenvalue weighted by molar-refractivity contribution is 5.71. The summed E-state index contributed by atoms with van der Waals surface area (Å²) in [6.45, 7) is 11.4. The summed E-state index contributed by atoms with van der Waals surface area (Å²) in [7, 11) is 0. The van der Waals surface area contributed by atoms with Crippen molar-refractivity contribution in [2.24, 2.45) is 11.8 Å². The van der Waals surface area contributed by atoms with Crippen LogP contribution in [0.4, 0.5) is 0 Å². The molecule has 0 rings (SSSR count). The van der Waals surface area contributed by atoms with Crippen molar-refractivity contribution in [1.82, 2.24) is 0 Å². The van der Waals surface area contributed by atoms with Gasteiger partial charge in [-0.1, -0.05) is 279 Å². The Hall–Kier alpha value is -1.59. The SMILES string of the molecule is CCCCCCCCCCCCCCCCCCCCC(=O)O[C@@H](COC(=O)CCCCCCCCCCCCCC(C)C)COC(=O)CCCCCCCCCCCCC(C)C. The molecule has 0 fully saturated rings. The van der Waals surface area contributed by atoms with Crippen molar-refractivity contribution in [1.29, 1.82) is 0 Å². The molecule has 374 valence electrons. The summed E-state index contributed by atoms with van der Waals surface area (Å²) >= 11 is 0. The molecule has 1 atom stereocenters. The average Bonchev–Trinajstić information content (AvgIpc) is 3.25. The highest BCUT2D eigenvalue weighted by atomic mass is 16.6. The van der Waals surface area contributed by atoms with Gasteiger partial charge < -0.3 is 14.2 Å². The van der Waals surface area contributed by atoms with E-state index in [2.05, 4.69) is 34.6 Å². The predicted molar refractivity (Wildman–Crippen MR) is 270 cm³/mol. The Morgan fingerprint density at radius 2 is 0.524 bits per heavy atom. The number of rotatable bonds is 51. The van der Waals surface area contributed by atoms with E-state index in [1.807, 2.05) is 0 Å². The molecule has 0 heterocycles. The lowest BCUT2D eigenvalue weighted by atomic mass is 10.0. The molecular weight excluding hydrogens is 781 g/mol. The van der Waals surface area contributed by atoms with Crippen LogP contribution in [0.3, 0.4) is 0 Å². The zero-order valence-electron chi connectivity index (χ0n) is 43.2. The molecule has 0 saturated heterocycles. The molecule has 0 aliphatic rings. The maximum absolute atomic E-state index is 12.8. The second-order valence-corrected chi connectivity index (χ2v) is 20.5. The van der Waals surface area contributed by atoms with Gasteiger partial charge in [-0.2, -0.15) is 0 Å². The number of hydrogen-bond acceptors (Lipinski definition) is 6. The van der Waals surface area contributed by atoms with Crippen LogP contribution in [0.15, 0.2) is 0 Å². The third-order valence-electron chi connectivity index (χ3n) is 13.0. The third-order valence-corrected chi connectivity index (χ3v) is 13.0. The Morgan fingerprint density at radius 3 is 0.778 bits per heavy atom. The molecule has 0 aromatic carbocycles. The van der Waals surface area contributed by atoms with Crippen molar-refractivity contribution in [3.8, 4) is 0 Å². The topological polar surface area (TPSA) is 78.9 Å². The van der Waals surface area contributed by atoms with Crippen LogP contribution in [0, 0.1) is 11.8 Å². The molecule has 0 radical (unpaired) electrons. The van der Waals surface area contributed by atoms with Crippen LogP contribution in [-0.2, 0) is 28.6 Å². The predicted octanol–water partition coefficient (Wildman–Crippen LogP) is 18.5. The van der Waals surface area contributed by atoms with E-state index in [0.717, 1.165) is 69.6 Å². The summed E-state index contributed by atoms with van der Waals surface area (Å²) in [5, 5.41) is 0. The fourth-order valence-electron chi connectivity index (χ4n) is 8.70. The molecule has 0 spiro atoms. The Kier molecular flexibility index (Phi) is 48.6. The van der Waals surface area contributed by atoms with Crippen LogP contribution in [0.1, 0.15) is 317 Å². The summed E-state index contributed by atoms with van der Waals surface area (Å²) in [6.07, 6.45) is 52.4. The standard InChI is InChI=1S/C57H110O6/c1-6-7-8-9-10-11-12-13-14-15-16-17-18-21-29-34-39-44-49-57(60)63-54(51-62-56(59)48-43-38-33-28-24-23-26-31-36-41-46-53(4)5)50-61-55(58)47-42-37-32-27-22-19-20-25-30-35-40-45-52(2)3/h52-54H,6-51H2,1-5H3/t54-/m0/s1. The maximum Gasteiger partial charge on any atom is 0.306 e. The van der Waals surface area contributed by atoms with Gasteiger partial charge in [0.05, 0.1) is 0 Å². The zero-order valence-corrected chi connectivity index (χ0v) is 43.2. The number of esters is 3. The maximum atomic E-state index is 12.8. The van der Waals surface area contributed by atoms with Gasteiger partial charge in [0.2, 0.25) is 0 Å². The molecule has 0 N–H and O–H groups in total. The molecule has 0 aliphatic heterocycles. The van der Waals surface area contributed by atoms with Crippen LogP contribution < -0.4 is 0 Å². The van der Waals surface area contributed by atoms with Crippen molar-refractivity contribution in [2.75, 3.05) is 13.2 Å². The zero-order chi connectivity index (χ0) is 46.1. The van der Waals surface area contributed by atoms with Crippen LogP contribution in [0.25, 0.3) is 0 Å². The van der Waals surface area contributed by atoms with E-state index in [0.29, 0.717) is 19.3 Å². The van der Waals surface area contributed by atoms with Gasteiger partial charge in [-0.25, -0.2) is 0 Å². The summed E-state index contributed by atoms with van der Waals surface area (Å²) in [6, 6.07) is 0. The fraction of sp³-hybridized carbons (Fsp3) is 0.947. The second kappa shape index (κ2) is 49.8. The highest BCUT2D eigenvalue weighted by Crippen LogP contribution is 2.18. The van der Waals surface area contributed by atoms with Gasteiger partial charge in [-0.3, -0.25) is 14.4 Å². The van der Waals surface area contributed by atoms with E-state index in [1.165, 1.54) is 205 Å². The molecule has 0 aromatic rings. The lowest BCUT2D eigenvalue weighted by Crippen LogP contribution is -2.30. The molecule has 0 amide bonds. The lowest BCUT2D eigenvalue weighted by Gasteiger charge is -2.18. The molecule has 0 saturated carbocycles. The molecule has 0 aliphatic carbocycles. The van der Waals surface area contributed by atoms with Gasteiger partial charge in [0.1, 0.15) is 13.2 Å². The quantitative estimate of drug-likeness (QED) is 0.0344. The highest BCUT2D eigenvalue weighted by Gasteiger charge is 2.19. The van der Waals surface area contributed by atoms with E-state index >= 15 is 0 Å². The normalized spacial score (nSPS) is 12.0. The van der Waals surface area contributed by atoms with Crippen molar-refractivity contribution >= 4 is 17.9 Å². The number of unbranched alkanes of at least 4 members (excludes halogenated alkanes) is 36. The number of hydrogen-bond donors (Lipinski definition) is 0. The minimum atomic E-state index is -0.762. The molecule has 0 aromatic heterocycles. The smallest absolute Gasteiger partial charge is 0.306 e. The van der Waals surface area contributed by atoms with Gasteiger partial charge in [-0.05, 0) is 31.1 Å². The van der Waals surface area contributed by atoms with Crippen LogP contribution in [0.2, 0.25) is 0 Å². The Morgan fingerprint density at radius 1 is 0.302 bits per heavy atom. The van der Waals surface area contributed by atoms with Gasteiger partial charge in [0.25, 0.3) is 0 Å². The fourth-order valence-corrected chi connectivity index (χ4v) is 8.70. The average molecular weight is 892 g/mol. The van der Waals surface area contributed by atoms with Crippen LogP contribution in [-0.4, -0.2) is 37.2 Å². The molecule has 63 heavy (non-hydrogen) atoms. The van der Waals surface area contributed by atoms with Crippen molar-refractivity contribution in [3.05, 3.63) is 0 Å². The van der Waals surface area contributed by atoms with Crippen LogP contribution >= 0.6 is 0 Å². The number of carbonyl (C=O) groups is 3. The summed E-state index contributed by atoms with van der Waals surface area (Å²) in [5.74, 6) is 0.803. The van der Waals surface area contributed by atoms with E-state index in [1.54, 1.807) is 0 Å². The third kappa shape index (κ3) is 51.3. The minimum absolute atomic E-state index is 0.0633. The Balaban J connectivity index is 4.29. The first-order valence-corrected chi connectivity index (χ1v) is 28.2. The molecule has 0 unspecified atom stereocenters. The molecule has 6 heteroatoms. The Labute approximate surface area is 393 Å². The Bertz CT molecular complexity index is 962. The van der Waals surface area contributed by atoms with E-state index in [4.69, 9.17) is 14.2 Å². The second-order valence-electron chi connectivity index (χ2n) is 20.5. The summed E-state index contributed by atoms with van der Waals surface area (Å²) in [4.78, 5) is 38.1. The first-order valence-electron chi connectivity index (χ1n) is 28.2. The monoisotopic (exact) mass is 891 g/mol. The van der Waals surface area contributed by atoms with Crippen LogP contribution in [0.5, 0.6) is 0 Å². The first-order chi connectivity index (χ1) is 30.7. The summed E-state index contributed by atoms with van der Waals surface area (Å²) in [5.41, 5.74) is 0.